The first-order chi connectivity index (χ1) is 11.9. The summed E-state index contributed by atoms with van der Waals surface area (Å²) in [4.78, 5) is 15.1. The molecule has 5 nitrogen and oxygen atoms in total. The maximum atomic E-state index is 13.4. The van der Waals surface area contributed by atoms with Crippen LogP contribution in [0, 0.1) is 13.8 Å². The lowest BCUT2D eigenvalue weighted by atomic mass is 9.79. The Hall–Kier alpha value is -1.59. The number of rotatable bonds is 3. The second-order valence-corrected chi connectivity index (χ2v) is 7.74. The molecular formula is C20H30N2O3. The van der Waals surface area contributed by atoms with Crippen molar-refractivity contribution in [3.8, 4) is 0 Å². The molecule has 2 atom stereocenters. The summed E-state index contributed by atoms with van der Waals surface area (Å²) in [6.07, 6.45) is 3.71. The van der Waals surface area contributed by atoms with Crippen molar-refractivity contribution in [2.75, 3.05) is 18.4 Å². The van der Waals surface area contributed by atoms with Crippen LogP contribution in [0.5, 0.6) is 0 Å². The molecule has 138 valence electrons. The van der Waals surface area contributed by atoms with E-state index in [0.29, 0.717) is 13.0 Å². The molecule has 25 heavy (non-hydrogen) atoms. The number of nitrogens with one attached hydrogen (secondary N) is 1. The Bertz CT molecular complexity index is 625. The summed E-state index contributed by atoms with van der Waals surface area (Å²) in [5, 5.41) is 23.3. The van der Waals surface area contributed by atoms with Gasteiger partial charge in [-0.1, -0.05) is 25.3 Å². The van der Waals surface area contributed by atoms with Crippen molar-refractivity contribution in [2.24, 2.45) is 0 Å². The van der Waals surface area contributed by atoms with E-state index in [1.54, 1.807) is 4.90 Å². The van der Waals surface area contributed by atoms with Crippen LogP contribution in [0.1, 0.15) is 49.7 Å². The molecular weight excluding hydrogens is 316 g/mol. The maximum absolute atomic E-state index is 13.4. The highest BCUT2D eigenvalue weighted by Gasteiger charge is 2.43. The second-order valence-electron chi connectivity index (χ2n) is 7.74. The van der Waals surface area contributed by atoms with Crippen LogP contribution in [0.4, 0.5) is 5.69 Å². The molecule has 2 aliphatic rings. The van der Waals surface area contributed by atoms with E-state index in [1.807, 2.05) is 6.07 Å². The zero-order chi connectivity index (χ0) is 18.0. The zero-order valence-electron chi connectivity index (χ0n) is 15.3. The van der Waals surface area contributed by atoms with Crippen LogP contribution < -0.4 is 5.32 Å². The molecule has 0 spiro atoms. The Morgan fingerprint density at radius 1 is 1.12 bits per heavy atom. The third-order valence-corrected chi connectivity index (χ3v) is 5.84. The minimum atomic E-state index is -0.847. The number of β-amino-alcohol motifs (C(OH)–C–C–N with tert-alkyl or cyclic N) is 1. The summed E-state index contributed by atoms with van der Waals surface area (Å²) in [6.45, 7) is 4.89. The Kier molecular flexibility index (Phi) is 5.35. The Morgan fingerprint density at radius 3 is 2.48 bits per heavy atom. The Labute approximate surface area is 150 Å². The first kappa shape index (κ1) is 18.2. The molecule has 1 aromatic carbocycles. The summed E-state index contributed by atoms with van der Waals surface area (Å²) >= 11 is 0. The first-order valence-electron chi connectivity index (χ1n) is 9.42. The topological polar surface area (TPSA) is 72.8 Å². The predicted molar refractivity (Wildman–Crippen MR) is 98.6 cm³/mol. The van der Waals surface area contributed by atoms with Crippen molar-refractivity contribution in [3.05, 3.63) is 29.3 Å². The maximum Gasteiger partial charge on any atom is 0.248 e. The molecule has 1 aromatic rings. The van der Waals surface area contributed by atoms with Gasteiger partial charge in [0.2, 0.25) is 5.91 Å². The van der Waals surface area contributed by atoms with Gasteiger partial charge in [-0.15, -0.1) is 0 Å². The van der Waals surface area contributed by atoms with Crippen molar-refractivity contribution < 1.29 is 15.0 Å². The van der Waals surface area contributed by atoms with Crippen molar-refractivity contribution in [3.63, 3.8) is 0 Å². The van der Waals surface area contributed by atoms with Gasteiger partial charge in [-0.05, 0) is 56.4 Å². The lowest BCUT2D eigenvalue weighted by molar-refractivity contribution is -0.143. The average molecular weight is 346 g/mol. The van der Waals surface area contributed by atoms with Gasteiger partial charge in [-0.25, -0.2) is 0 Å². The molecule has 1 heterocycles. The third-order valence-electron chi connectivity index (χ3n) is 5.84. The molecule has 3 N–H and O–H groups in total. The number of hydrogen-bond acceptors (Lipinski definition) is 4. The van der Waals surface area contributed by atoms with Gasteiger partial charge in [0, 0.05) is 18.8 Å². The Morgan fingerprint density at radius 2 is 1.84 bits per heavy atom. The molecule has 5 heteroatoms. The van der Waals surface area contributed by atoms with Gasteiger partial charge in [0.15, 0.2) is 0 Å². The van der Waals surface area contributed by atoms with Crippen LogP contribution in [0.25, 0.3) is 0 Å². The van der Waals surface area contributed by atoms with Gasteiger partial charge >= 0.3 is 0 Å². The highest BCUT2D eigenvalue weighted by atomic mass is 16.3. The normalized spacial score (nSPS) is 26.3. The van der Waals surface area contributed by atoms with Gasteiger partial charge in [0.25, 0.3) is 0 Å². The smallest absolute Gasteiger partial charge is 0.248 e. The van der Waals surface area contributed by atoms with E-state index in [-0.39, 0.29) is 12.5 Å². The summed E-state index contributed by atoms with van der Waals surface area (Å²) in [5.41, 5.74) is 2.83. The number of amides is 1. The minimum Gasteiger partial charge on any atom is -0.390 e. The second kappa shape index (κ2) is 7.34. The van der Waals surface area contributed by atoms with Crippen molar-refractivity contribution >= 4 is 11.6 Å². The predicted octanol–water partition coefficient (Wildman–Crippen LogP) is 2.37. The summed E-state index contributed by atoms with van der Waals surface area (Å²) < 4.78 is 0. The molecule has 3 rings (SSSR count). The van der Waals surface area contributed by atoms with Crippen molar-refractivity contribution in [1.82, 2.24) is 4.90 Å². The van der Waals surface area contributed by atoms with E-state index >= 15 is 0 Å². The average Bonchev–Trinajstić information content (AvgIpc) is 2.61. The van der Waals surface area contributed by atoms with Gasteiger partial charge in [0.1, 0.15) is 5.54 Å². The van der Waals surface area contributed by atoms with Gasteiger partial charge in [-0.3, -0.25) is 4.79 Å². The van der Waals surface area contributed by atoms with E-state index in [2.05, 4.69) is 31.3 Å². The number of carbonyl (C=O) groups excluding carboxylic acids is 1. The lowest BCUT2D eigenvalue weighted by Crippen LogP contribution is -2.59. The molecule has 0 radical (unpaired) electrons. The molecule has 0 unspecified atom stereocenters. The van der Waals surface area contributed by atoms with Gasteiger partial charge in [-0.2, -0.15) is 0 Å². The number of aryl methyl sites for hydroxylation is 2. The highest BCUT2D eigenvalue weighted by molar-refractivity contribution is 5.90. The van der Waals surface area contributed by atoms with E-state index < -0.39 is 17.7 Å². The number of likely N-dealkylation sites (tertiary alicyclic amines) is 1. The van der Waals surface area contributed by atoms with E-state index in [9.17, 15) is 15.0 Å². The third kappa shape index (κ3) is 3.82. The summed E-state index contributed by atoms with van der Waals surface area (Å²) in [7, 11) is 0. The highest BCUT2D eigenvalue weighted by Crippen LogP contribution is 2.34. The number of carbonyl (C=O) groups is 1. The minimum absolute atomic E-state index is 0.0661. The van der Waals surface area contributed by atoms with E-state index in [1.165, 1.54) is 11.1 Å². The van der Waals surface area contributed by atoms with Crippen LogP contribution in [0.3, 0.4) is 0 Å². The quantitative estimate of drug-likeness (QED) is 0.786. The molecule has 0 bridgehead atoms. The summed E-state index contributed by atoms with van der Waals surface area (Å²) in [6, 6.07) is 6.23. The van der Waals surface area contributed by atoms with Crippen molar-refractivity contribution in [2.45, 2.75) is 70.1 Å². The van der Waals surface area contributed by atoms with Crippen LogP contribution in [-0.2, 0) is 4.79 Å². The molecule has 2 fully saturated rings. The lowest BCUT2D eigenvalue weighted by Gasteiger charge is -2.43. The first-order valence-corrected chi connectivity index (χ1v) is 9.42. The number of hydrogen-bond donors (Lipinski definition) is 3. The van der Waals surface area contributed by atoms with E-state index in [0.717, 1.165) is 37.8 Å². The molecule has 0 aromatic heterocycles. The van der Waals surface area contributed by atoms with Gasteiger partial charge in [0.05, 0.1) is 12.2 Å². The number of anilines is 1. The van der Waals surface area contributed by atoms with Crippen LogP contribution in [0.2, 0.25) is 0 Å². The SMILES string of the molecule is Cc1ccc(NC2(C(=O)N3CC[C@H](O)[C@@H](O)C3)CCCCC2)cc1C. The fourth-order valence-electron chi connectivity index (χ4n) is 4.05. The molecule has 1 aliphatic heterocycles. The molecule has 1 aliphatic carbocycles. The summed E-state index contributed by atoms with van der Waals surface area (Å²) in [5.74, 6) is 0.0661. The monoisotopic (exact) mass is 346 g/mol. The van der Waals surface area contributed by atoms with Crippen LogP contribution >= 0.6 is 0 Å². The zero-order valence-corrected chi connectivity index (χ0v) is 15.3. The molecule has 1 saturated carbocycles. The number of benzene rings is 1. The van der Waals surface area contributed by atoms with E-state index in [4.69, 9.17) is 0 Å². The number of piperidine rings is 1. The van der Waals surface area contributed by atoms with Crippen LogP contribution in [0.15, 0.2) is 18.2 Å². The fraction of sp³-hybridized carbons (Fsp3) is 0.650. The Balaban J connectivity index is 1.82. The molecule has 1 amide bonds. The largest absolute Gasteiger partial charge is 0.390 e. The van der Waals surface area contributed by atoms with Crippen LogP contribution in [-0.4, -0.2) is 51.9 Å². The molecule has 1 saturated heterocycles. The fourth-order valence-corrected chi connectivity index (χ4v) is 4.05. The standard InChI is InChI=1S/C20H30N2O3/c1-14-6-7-16(12-15(14)2)21-20(9-4-3-5-10-20)19(25)22-11-8-17(23)18(24)13-22/h6-7,12,17-18,21,23-24H,3-5,8-11,13H2,1-2H3/t17-,18-/m0/s1. The number of aliphatic hydroxyl groups is 2. The van der Waals surface area contributed by atoms with Crippen molar-refractivity contribution in [1.29, 1.82) is 0 Å². The van der Waals surface area contributed by atoms with Gasteiger partial charge < -0.3 is 20.4 Å². The number of aliphatic hydroxyl groups excluding tert-OH is 2. The number of nitrogens with zero attached hydrogens (tertiary/aromatic N) is 1.